The van der Waals surface area contributed by atoms with Gasteiger partial charge in [-0.2, -0.15) is 4.31 Å². The average molecular weight is 314 g/mol. The first kappa shape index (κ1) is 15.5. The van der Waals surface area contributed by atoms with Crippen molar-refractivity contribution < 1.29 is 13.2 Å². The Balaban J connectivity index is 1.64. The van der Waals surface area contributed by atoms with Gasteiger partial charge in [0.25, 0.3) is 0 Å². The van der Waals surface area contributed by atoms with Gasteiger partial charge in [-0.3, -0.25) is 0 Å². The minimum atomic E-state index is -3.14. The number of likely N-dealkylation sites (tertiary alicyclic amines) is 1. The molecule has 6 heteroatoms. The average Bonchev–Trinajstić information content (AvgIpc) is 2.46. The number of morpholine rings is 1. The molecule has 1 aliphatic carbocycles. The van der Waals surface area contributed by atoms with Gasteiger partial charge in [0, 0.05) is 26.2 Å². The molecule has 21 heavy (non-hydrogen) atoms. The van der Waals surface area contributed by atoms with Crippen molar-refractivity contribution in [3.8, 4) is 0 Å². The number of hydrogen-bond donors (Lipinski definition) is 0. The molecule has 0 radical (unpaired) electrons. The number of piperidine rings is 1. The van der Waals surface area contributed by atoms with Crippen molar-refractivity contribution >= 4 is 10.0 Å². The molecule has 5 nitrogen and oxygen atoms in total. The summed E-state index contributed by atoms with van der Waals surface area (Å²) in [7, 11) is -3.14. The number of sulfonamides is 1. The monoisotopic (exact) mass is 314 g/mol. The van der Waals surface area contributed by atoms with Crippen LogP contribution in [0.5, 0.6) is 0 Å². The summed E-state index contributed by atoms with van der Waals surface area (Å²) in [6.45, 7) is 3.96. The zero-order valence-corrected chi connectivity index (χ0v) is 13.6. The summed E-state index contributed by atoms with van der Waals surface area (Å²) < 4.78 is 31.4. The molecule has 2 fully saturated rings. The third kappa shape index (κ3) is 3.67. The zero-order chi connectivity index (χ0) is 14.9. The van der Waals surface area contributed by atoms with E-state index >= 15 is 0 Å². The van der Waals surface area contributed by atoms with Crippen LogP contribution in [0.15, 0.2) is 12.2 Å². The van der Waals surface area contributed by atoms with Crippen molar-refractivity contribution in [3.63, 3.8) is 0 Å². The van der Waals surface area contributed by atoms with E-state index in [9.17, 15) is 8.42 Å². The second kappa shape index (κ2) is 6.36. The van der Waals surface area contributed by atoms with Crippen LogP contribution >= 0.6 is 0 Å². The van der Waals surface area contributed by atoms with E-state index in [1.807, 2.05) is 0 Å². The van der Waals surface area contributed by atoms with Gasteiger partial charge in [-0.15, -0.1) is 0 Å². The van der Waals surface area contributed by atoms with E-state index in [2.05, 4.69) is 17.1 Å². The number of nitrogens with zero attached hydrogens (tertiary/aromatic N) is 2. The Hall–Kier alpha value is -0.430. The zero-order valence-electron chi connectivity index (χ0n) is 12.8. The first-order valence-corrected chi connectivity index (χ1v) is 9.84. The first-order valence-electron chi connectivity index (χ1n) is 8.00. The van der Waals surface area contributed by atoms with Gasteiger partial charge in [-0.05, 0) is 31.6 Å². The van der Waals surface area contributed by atoms with Crippen molar-refractivity contribution in [1.29, 1.82) is 0 Å². The molecule has 0 amide bonds. The van der Waals surface area contributed by atoms with Crippen molar-refractivity contribution in [1.82, 2.24) is 9.21 Å². The SMILES string of the molecule is CS(=O)(=O)N1CCO[C@@H]2CCN(CC3CC=CCC3)C[C@H]21. The van der Waals surface area contributed by atoms with Crippen LogP contribution < -0.4 is 0 Å². The normalized spacial score (nSPS) is 35.6. The molecule has 3 atom stereocenters. The highest BCUT2D eigenvalue weighted by molar-refractivity contribution is 7.88. The molecule has 0 aromatic heterocycles. The molecule has 3 aliphatic rings. The highest BCUT2D eigenvalue weighted by Gasteiger charge is 2.41. The van der Waals surface area contributed by atoms with Crippen molar-refractivity contribution in [2.45, 2.75) is 37.8 Å². The number of hydrogen-bond acceptors (Lipinski definition) is 4. The molecule has 2 aliphatic heterocycles. The van der Waals surface area contributed by atoms with Crippen LogP contribution in [0.4, 0.5) is 0 Å². The Morgan fingerprint density at radius 1 is 1.24 bits per heavy atom. The second-order valence-electron chi connectivity index (χ2n) is 6.55. The summed E-state index contributed by atoms with van der Waals surface area (Å²) >= 11 is 0. The summed E-state index contributed by atoms with van der Waals surface area (Å²) in [6, 6.07) is 0.00151. The van der Waals surface area contributed by atoms with Gasteiger partial charge in [-0.1, -0.05) is 12.2 Å². The summed E-state index contributed by atoms with van der Waals surface area (Å²) in [5.74, 6) is 0.725. The van der Waals surface area contributed by atoms with Crippen molar-refractivity contribution in [2.75, 3.05) is 39.0 Å². The second-order valence-corrected chi connectivity index (χ2v) is 8.48. The smallest absolute Gasteiger partial charge is 0.211 e. The molecule has 3 rings (SSSR count). The molecule has 0 spiro atoms. The van der Waals surface area contributed by atoms with E-state index in [1.165, 1.54) is 19.1 Å². The largest absolute Gasteiger partial charge is 0.375 e. The van der Waals surface area contributed by atoms with E-state index in [4.69, 9.17) is 4.74 Å². The van der Waals surface area contributed by atoms with Crippen molar-refractivity contribution in [2.24, 2.45) is 5.92 Å². The van der Waals surface area contributed by atoms with E-state index in [1.54, 1.807) is 4.31 Å². The fourth-order valence-electron chi connectivity index (χ4n) is 3.87. The van der Waals surface area contributed by atoms with Gasteiger partial charge in [-0.25, -0.2) is 8.42 Å². The fraction of sp³-hybridized carbons (Fsp3) is 0.867. The third-order valence-corrected chi connectivity index (χ3v) is 6.24. The van der Waals surface area contributed by atoms with Crippen molar-refractivity contribution in [3.05, 3.63) is 12.2 Å². The topological polar surface area (TPSA) is 49.9 Å². The predicted octanol–water partition coefficient (Wildman–Crippen LogP) is 1.08. The highest BCUT2D eigenvalue weighted by Crippen LogP contribution is 2.27. The predicted molar refractivity (Wildman–Crippen MR) is 82.6 cm³/mol. The maximum absolute atomic E-state index is 12.0. The number of rotatable bonds is 3. The molecule has 1 unspecified atom stereocenters. The Morgan fingerprint density at radius 3 is 2.81 bits per heavy atom. The molecule has 0 aromatic carbocycles. The summed E-state index contributed by atoms with van der Waals surface area (Å²) in [6.07, 6.45) is 10.5. The maximum Gasteiger partial charge on any atom is 0.211 e. The van der Waals surface area contributed by atoms with Crippen LogP contribution in [0.2, 0.25) is 0 Å². The number of allylic oxidation sites excluding steroid dienone is 2. The van der Waals surface area contributed by atoms with Crippen LogP contribution in [0, 0.1) is 5.92 Å². The van der Waals surface area contributed by atoms with Crippen LogP contribution in [-0.2, 0) is 14.8 Å². The van der Waals surface area contributed by atoms with Gasteiger partial charge >= 0.3 is 0 Å². The molecule has 0 aromatic rings. The van der Waals surface area contributed by atoms with Gasteiger partial charge in [0.2, 0.25) is 10.0 Å². The summed E-state index contributed by atoms with van der Waals surface area (Å²) in [5.41, 5.74) is 0. The molecule has 2 saturated heterocycles. The first-order chi connectivity index (χ1) is 10.0. The van der Waals surface area contributed by atoms with Gasteiger partial charge < -0.3 is 9.64 Å². The van der Waals surface area contributed by atoms with Gasteiger partial charge in [0.05, 0.1) is 25.0 Å². The molecule has 2 heterocycles. The third-order valence-electron chi connectivity index (χ3n) is 4.94. The van der Waals surface area contributed by atoms with Gasteiger partial charge in [0.1, 0.15) is 0 Å². The summed E-state index contributed by atoms with van der Waals surface area (Å²) in [5, 5.41) is 0. The molecule has 0 N–H and O–H groups in total. The minimum absolute atomic E-state index is 0.00151. The molecule has 0 saturated carbocycles. The number of fused-ring (bicyclic) bond motifs is 1. The lowest BCUT2D eigenvalue weighted by Crippen LogP contribution is -2.61. The lowest BCUT2D eigenvalue weighted by Gasteiger charge is -2.46. The molecular weight excluding hydrogens is 288 g/mol. The Bertz CT molecular complexity index is 491. The fourth-order valence-corrected chi connectivity index (χ4v) is 4.97. The van der Waals surface area contributed by atoms with Crippen LogP contribution in [0.25, 0.3) is 0 Å². The Kier molecular flexibility index (Phi) is 4.69. The van der Waals surface area contributed by atoms with E-state index in [-0.39, 0.29) is 12.1 Å². The quantitative estimate of drug-likeness (QED) is 0.732. The number of ether oxygens (including phenoxy) is 1. The minimum Gasteiger partial charge on any atom is -0.375 e. The Morgan fingerprint density at radius 2 is 2.10 bits per heavy atom. The lowest BCUT2D eigenvalue weighted by atomic mass is 9.92. The summed E-state index contributed by atoms with van der Waals surface area (Å²) in [4.78, 5) is 2.44. The standard InChI is InChI=1S/C15H26N2O3S/c1-21(18,19)17-9-10-20-15-7-8-16(12-14(15)17)11-13-5-3-2-4-6-13/h2-3,13-15H,4-12H2,1H3/t13?,14-,15-/m1/s1. The highest BCUT2D eigenvalue weighted by atomic mass is 32.2. The molecular formula is C15H26N2O3S. The van der Waals surface area contributed by atoms with Crippen LogP contribution in [-0.4, -0.2) is 68.8 Å². The van der Waals surface area contributed by atoms with E-state index in [0.29, 0.717) is 13.2 Å². The van der Waals surface area contributed by atoms with Crippen LogP contribution in [0.3, 0.4) is 0 Å². The Labute approximate surface area is 128 Å². The molecule has 0 bridgehead atoms. The lowest BCUT2D eigenvalue weighted by molar-refractivity contribution is -0.0773. The van der Waals surface area contributed by atoms with Crippen LogP contribution in [0.1, 0.15) is 25.7 Å². The maximum atomic E-state index is 12.0. The molecule has 120 valence electrons. The van der Waals surface area contributed by atoms with E-state index in [0.717, 1.165) is 38.4 Å². The van der Waals surface area contributed by atoms with E-state index < -0.39 is 10.0 Å². The van der Waals surface area contributed by atoms with Gasteiger partial charge in [0.15, 0.2) is 0 Å².